The van der Waals surface area contributed by atoms with Crippen molar-refractivity contribution in [2.45, 2.75) is 83.3 Å². The minimum Gasteiger partial charge on any atom is -0.473 e. The molecular formula is C40H45F4N5O3. The third kappa shape index (κ3) is 9.65. The monoisotopic (exact) mass is 719 g/mol. The Labute approximate surface area is 301 Å². The van der Waals surface area contributed by atoms with Crippen LogP contribution < -0.4 is 10.1 Å². The van der Waals surface area contributed by atoms with E-state index < -0.39 is 24.8 Å². The Hall–Kier alpha value is -4.55. The number of ether oxygens (including phenoxy) is 2. The first kappa shape index (κ1) is 37.2. The predicted octanol–water partition coefficient (Wildman–Crippen LogP) is 8.50. The Morgan fingerprint density at radius 3 is 2.48 bits per heavy atom. The van der Waals surface area contributed by atoms with Crippen LogP contribution in [0.2, 0.25) is 0 Å². The van der Waals surface area contributed by atoms with E-state index in [-0.39, 0.29) is 34.1 Å². The number of allylic oxidation sites excluding steroid dienone is 1. The van der Waals surface area contributed by atoms with Gasteiger partial charge in [-0.05, 0) is 99.9 Å². The maximum Gasteiger partial charge on any atom is 0.393 e. The summed E-state index contributed by atoms with van der Waals surface area (Å²) in [4.78, 5) is 18.9. The van der Waals surface area contributed by atoms with Gasteiger partial charge < -0.3 is 14.8 Å². The van der Waals surface area contributed by atoms with Gasteiger partial charge in [-0.2, -0.15) is 17.6 Å². The second-order valence-corrected chi connectivity index (χ2v) is 14.5. The highest BCUT2D eigenvalue weighted by atomic mass is 19.4. The van der Waals surface area contributed by atoms with Crippen LogP contribution in [0.5, 0.6) is 5.88 Å². The zero-order chi connectivity index (χ0) is 36.9. The first-order valence-corrected chi connectivity index (χ1v) is 17.8. The number of carbonyl (C=O) groups excluding carboxylic acids is 1. The van der Waals surface area contributed by atoms with Crippen LogP contribution >= 0.6 is 0 Å². The molecule has 8 nitrogen and oxygen atoms in total. The van der Waals surface area contributed by atoms with Crippen molar-refractivity contribution in [1.29, 1.82) is 0 Å². The molecule has 1 amide bonds. The van der Waals surface area contributed by atoms with Gasteiger partial charge in [0, 0.05) is 49.1 Å². The molecule has 276 valence electrons. The predicted molar refractivity (Wildman–Crippen MR) is 193 cm³/mol. The summed E-state index contributed by atoms with van der Waals surface area (Å²) in [7, 11) is 0. The number of rotatable bonds is 10. The van der Waals surface area contributed by atoms with Gasteiger partial charge in [-0.3, -0.25) is 9.69 Å². The number of halogens is 4. The van der Waals surface area contributed by atoms with Crippen LogP contribution in [-0.2, 0) is 9.53 Å². The van der Waals surface area contributed by atoms with Gasteiger partial charge >= 0.3 is 6.18 Å². The minimum atomic E-state index is -4.52. The zero-order valence-corrected chi connectivity index (χ0v) is 29.8. The van der Waals surface area contributed by atoms with Gasteiger partial charge in [0.25, 0.3) is 0 Å². The highest BCUT2D eigenvalue weighted by Crippen LogP contribution is 2.41. The molecule has 2 fully saturated rings. The quantitative estimate of drug-likeness (QED) is 0.101. The second kappa shape index (κ2) is 16.0. The molecule has 4 heterocycles. The summed E-state index contributed by atoms with van der Waals surface area (Å²) in [6.45, 7) is 8.43. The smallest absolute Gasteiger partial charge is 0.393 e. The molecule has 4 aromatic rings. The average Bonchev–Trinajstić information content (AvgIpc) is 3.44. The number of hydrogen-bond acceptors (Lipinski definition) is 6. The van der Waals surface area contributed by atoms with E-state index in [9.17, 15) is 18.0 Å². The summed E-state index contributed by atoms with van der Waals surface area (Å²) in [6, 6.07) is 16.8. The Morgan fingerprint density at radius 1 is 1.00 bits per heavy atom. The van der Waals surface area contributed by atoms with Crippen molar-refractivity contribution in [2.24, 2.45) is 0 Å². The summed E-state index contributed by atoms with van der Waals surface area (Å²) in [5.74, 6) is -0.508. The molecule has 12 heteroatoms. The molecule has 2 saturated heterocycles. The van der Waals surface area contributed by atoms with Gasteiger partial charge in [-0.1, -0.05) is 42.5 Å². The number of benzene rings is 2. The lowest BCUT2D eigenvalue weighted by atomic mass is 9.88. The Kier molecular flexibility index (Phi) is 11.4. The molecule has 2 aromatic carbocycles. The number of hydrogen-bond donors (Lipinski definition) is 1. The molecule has 0 bridgehead atoms. The van der Waals surface area contributed by atoms with E-state index in [1.54, 1.807) is 66.7 Å². The lowest BCUT2D eigenvalue weighted by molar-refractivity contribution is -0.123. The van der Waals surface area contributed by atoms with Crippen molar-refractivity contribution in [1.82, 2.24) is 25.0 Å². The van der Waals surface area contributed by atoms with Crippen molar-refractivity contribution in [3.8, 4) is 5.88 Å². The average molecular weight is 720 g/mol. The number of nitrogens with one attached hydrogen (secondary N) is 1. The van der Waals surface area contributed by atoms with Gasteiger partial charge in [0.15, 0.2) is 6.23 Å². The van der Waals surface area contributed by atoms with Crippen LogP contribution in [0, 0.1) is 5.95 Å². The fourth-order valence-corrected chi connectivity index (χ4v) is 6.85. The van der Waals surface area contributed by atoms with Crippen LogP contribution in [0.4, 0.5) is 17.6 Å². The molecule has 0 spiro atoms. The van der Waals surface area contributed by atoms with Crippen LogP contribution in [0.15, 0.2) is 79.0 Å². The SMILES string of the molecule is CC(C)(C)NC(=O)/C=C/CN1CCC[C@@H](Oc2ccc(/C(=C(/CC(F)(F)F)c3ccccc3)c3ccc4c(c3)c(F)nn4C3CCCCO3)cn2)C1. The number of carbonyl (C=O) groups is 1. The molecule has 6 rings (SSSR count). The molecule has 0 saturated carbocycles. The molecule has 0 aliphatic carbocycles. The number of amides is 1. The number of piperidine rings is 1. The Bertz CT molecular complexity index is 1890. The molecule has 2 atom stereocenters. The molecule has 2 aliphatic rings. The maximum atomic E-state index is 15.4. The molecular weight excluding hydrogens is 674 g/mol. The number of likely N-dealkylation sites (tertiary alicyclic amines) is 1. The molecule has 2 aliphatic heterocycles. The van der Waals surface area contributed by atoms with E-state index in [0.717, 1.165) is 32.2 Å². The van der Waals surface area contributed by atoms with Crippen molar-refractivity contribution in [3.63, 3.8) is 0 Å². The first-order valence-electron chi connectivity index (χ1n) is 17.8. The van der Waals surface area contributed by atoms with Gasteiger partial charge in [-0.15, -0.1) is 5.10 Å². The normalized spacial score (nSPS) is 19.5. The summed E-state index contributed by atoms with van der Waals surface area (Å²) >= 11 is 0. The fraction of sp³-hybridized carbons (Fsp3) is 0.425. The van der Waals surface area contributed by atoms with Crippen LogP contribution in [0.3, 0.4) is 0 Å². The Balaban J connectivity index is 1.29. The standard InChI is InChI=1S/C40H45F4N5O3/c1-39(2,3)46-34(50)14-10-21-48-20-9-13-30(26-48)52-35-19-17-29(25-45-35)37(32(24-40(42,43)44)27-11-5-4-6-12-27)28-16-18-33-31(23-28)38(41)47-49(33)36-15-7-8-22-51-36/h4-6,10-12,14,16-19,23,25,30,36H,7-9,13,15,20-22,24,26H2,1-3H3,(H,46,50)/b14-10+,37-32-/t30-,36?/m1/s1. The number of nitrogens with zero attached hydrogens (tertiary/aromatic N) is 4. The largest absolute Gasteiger partial charge is 0.473 e. The first-order chi connectivity index (χ1) is 24.8. The second-order valence-electron chi connectivity index (χ2n) is 14.5. The van der Waals surface area contributed by atoms with E-state index in [1.807, 2.05) is 26.8 Å². The summed E-state index contributed by atoms with van der Waals surface area (Å²) < 4.78 is 71.9. The van der Waals surface area contributed by atoms with Gasteiger partial charge in [-0.25, -0.2) is 9.67 Å². The van der Waals surface area contributed by atoms with Crippen LogP contribution in [0.1, 0.15) is 82.2 Å². The highest BCUT2D eigenvalue weighted by molar-refractivity contribution is 6.00. The molecule has 52 heavy (non-hydrogen) atoms. The molecule has 1 unspecified atom stereocenters. The van der Waals surface area contributed by atoms with E-state index in [1.165, 1.54) is 10.9 Å². The number of alkyl halides is 3. The van der Waals surface area contributed by atoms with E-state index >= 15 is 4.39 Å². The number of fused-ring (bicyclic) bond motifs is 1. The van der Waals surface area contributed by atoms with Gasteiger partial charge in [0.1, 0.15) is 6.10 Å². The third-order valence-corrected chi connectivity index (χ3v) is 9.09. The van der Waals surface area contributed by atoms with Gasteiger partial charge in [0.2, 0.25) is 17.7 Å². The summed E-state index contributed by atoms with van der Waals surface area (Å²) in [5.41, 5.74) is 1.76. The Morgan fingerprint density at radius 2 is 1.79 bits per heavy atom. The number of pyridine rings is 1. The minimum absolute atomic E-state index is 0.0403. The zero-order valence-electron chi connectivity index (χ0n) is 29.8. The van der Waals surface area contributed by atoms with Crippen molar-refractivity contribution >= 4 is 28.0 Å². The van der Waals surface area contributed by atoms with Crippen molar-refractivity contribution in [3.05, 3.63) is 102 Å². The van der Waals surface area contributed by atoms with Gasteiger partial charge in [0.05, 0.1) is 17.3 Å². The van der Waals surface area contributed by atoms with Crippen LogP contribution in [0.25, 0.3) is 22.0 Å². The fourth-order valence-electron chi connectivity index (χ4n) is 6.85. The lowest BCUT2D eigenvalue weighted by Gasteiger charge is -2.31. The van der Waals surface area contributed by atoms with E-state index in [2.05, 4.69) is 20.3 Å². The maximum absolute atomic E-state index is 15.4. The molecule has 1 N–H and O–H groups in total. The van der Waals surface area contributed by atoms with Crippen LogP contribution in [-0.4, -0.2) is 69.6 Å². The molecule has 0 radical (unpaired) electrons. The summed E-state index contributed by atoms with van der Waals surface area (Å²) in [5, 5.41) is 7.24. The lowest BCUT2D eigenvalue weighted by Crippen LogP contribution is -2.41. The summed E-state index contributed by atoms with van der Waals surface area (Å²) in [6.07, 6.45) is 2.88. The van der Waals surface area contributed by atoms with E-state index in [0.29, 0.717) is 54.2 Å². The number of aromatic nitrogens is 3. The highest BCUT2D eigenvalue weighted by Gasteiger charge is 2.32. The van der Waals surface area contributed by atoms with Crippen molar-refractivity contribution < 1.29 is 31.8 Å². The van der Waals surface area contributed by atoms with Crippen molar-refractivity contribution in [2.75, 3.05) is 26.2 Å². The molecule has 2 aromatic heterocycles. The van der Waals surface area contributed by atoms with E-state index in [4.69, 9.17) is 9.47 Å². The third-order valence-electron chi connectivity index (χ3n) is 9.09. The topological polar surface area (TPSA) is 81.5 Å².